The lowest BCUT2D eigenvalue weighted by Crippen LogP contribution is -2.11. The molecule has 2 aromatic rings. The summed E-state index contributed by atoms with van der Waals surface area (Å²) in [6, 6.07) is 12.3. The Labute approximate surface area is 236 Å². The van der Waals surface area contributed by atoms with E-state index in [1.165, 1.54) is 115 Å². The van der Waals surface area contributed by atoms with E-state index in [-0.39, 0.29) is 21.6 Å². The zero-order valence-electron chi connectivity index (χ0n) is 24.0. The third kappa shape index (κ3) is 13.3. The fourth-order valence-corrected chi connectivity index (χ4v) is 5.92. The summed E-state index contributed by atoms with van der Waals surface area (Å²) in [5.74, 6) is -0.267. The Morgan fingerprint density at radius 2 is 0.923 bits per heavy atom. The third-order valence-electron chi connectivity index (χ3n) is 6.94. The van der Waals surface area contributed by atoms with Gasteiger partial charge >= 0.3 is 0 Å². The highest BCUT2D eigenvalue weighted by Crippen LogP contribution is 2.24. The van der Waals surface area contributed by atoms with Crippen molar-refractivity contribution in [1.82, 2.24) is 0 Å². The first-order valence-electron chi connectivity index (χ1n) is 14.9. The van der Waals surface area contributed by atoms with Gasteiger partial charge in [-0.05, 0) is 55.0 Å². The van der Waals surface area contributed by atoms with Gasteiger partial charge in [0.15, 0.2) is 0 Å². The number of benzene rings is 2. The Kier molecular flexibility index (Phi) is 15.5. The normalized spacial score (nSPS) is 11.3. The van der Waals surface area contributed by atoms with Crippen molar-refractivity contribution >= 4 is 33.0 Å². The van der Waals surface area contributed by atoms with Gasteiger partial charge in [-0.3, -0.25) is 9.59 Å². The van der Waals surface area contributed by atoms with Gasteiger partial charge in [-0.15, -0.1) is 0 Å². The summed E-state index contributed by atoms with van der Waals surface area (Å²) in [6.07, 6.45) is 19.8. The molecule has 0 saturated carbocycles. The Balaban J connectivity index is 1.57. The number of amides is 2. The molecule has 2 aromatic carbocycles. The van der Waals surface area contributed by atoms with E-state index in [0.29, 0.717) is 17.8 Å². The SMILES string of the molecule is CCCCCCCCCCCCCCCCCC(=O)Nc1ccc(S(=O)(=O)c2ccc(NC(C)=O)cc2)cc1. The average molecular weight is 557 g/mol. The highest BCUT2D eigenvalue weighted by Gasteiger charge is 2.17. The Hall–Kier alpha value is -2.67. The highest BCUT2D eigenvalue weighted by atomic mass is 32.2. The van der Waals surface area contributed by atoms with Crippen LogP contribution in [0.4, 0.5) is 11.4 Å². The molecule has 6 nitrogen and oxygen atoms in total. The molecule has 0 saturated heterocycles. The van der Waals surface area contributed by atoms with Gasteiger partial charge in [-0.1, -0.05) is 96.8 Å². The number of carbonyl (C=O) groups excluding carboxylic acids is 2. The third-order valence-corrected chi connectivity index (χ3v) is 8.73. The van der Waals surface area contributed by atoms with Crippen LogP contribution >= 0.6 is 0 Å². The van der Waals surface area contributed by atoms with Crippen molar-refractivity contribution in [3.05, 3.63) is 48.5 Å². The first-order chi connectivity index (χ1) is 18.8. The topological polar surface area (TPSA) is 92.3 Å². The average Bonchev–Trinajstić information content (AvgIpc) is 2.91. The van der Waals surface area contributed by atoms with Crippen molar-refractivity contribution in [2.45, 2.75) is 126 Å². The van der Waals surface area contributed by atoms with Gasteiger partial charge in [0.1, 0.15) is 0 Å². The largest absolute Gasteiger partial charge is 0.326 e. The lowest BCUT2D eigenvalue weighted by atomic mass is 10.0. The van der Waals surface area contributed by atoms with Crippen LogP contribution < -0.4 is 10.6 Å². The molecule has 2 rings (SSSR count). The van der Waals surface area contributed by atoms with E-state index in [1.807, 2.05) is 0 Å². The molecule has 0 bridgehead atoms. The number of nitrogens with one attached hydrogen (secondary N) is 2. The maximum atomic E-state index is 12.9. The van der Waals surface area contributed by atoms with Crippen LogP contribution in [0.2, 0.25) is 0 Å². The maximum Gasteiger partial charge on any atom is 0.224 e. The number of hydrogen-bond acceptors (Lipinski definition) is 4. The molecule has 2 amide bonds. The van der Waals surface area contributed by atoms with E-state index >= 15 is 0 Å². The molecular formula is C32H48N2O4S. The first-order valence-corrected chi connectivity index (χ1v) is 16.3. The minimum Gasteiger partial charge on any atom is -0.326 e. The zero-order chi connectivity index (χ0) is 28.3. The Bertz CT molecular complexity index is 1080. The lowest BCUT2D eigenvalue weighted by Gasteiger charge is -2.09. The summed E-state index contributed by atoms with van der Waals surface area (Å²) >= 11 is 0. The van der Waals surface area contributed by atoms with Crippen LogP contribution in [0.5, 0.6) is 0 Å². The molecule has 0 atom stereocenters. The van der Waals surface area contributed by atoms with Crippen molar-refractivity contribution in [3.63, 3.8) is 0 Å². The minimum atomic E-state index is -3.69. The molecule has 39 heavy (non-hydrogen) atoms. The number of unbranched alkanes of at least 4 members (excludes halogenated alkanes) is 14. The summed E-state index contributed by atoms with van der Waals surface area (Å²) in [6.45, 7) is 3.66. The zero-order valence-corrected chi connectivity index (χ0v) is 24.8. The molecule has 7 heteroatoms. The molecular weight excluding hydrogens is 508 g/mol. The highest BCUT2D eigenvalue weighted by molar-refractivity contribution is 7.91. The molecule has 2 N–H and O–H groups in total. The van der Waals surface area contributed by atoms with Crippen molar-refractivity contribution < 1.29 is 18.0 Å². The van der Waals surface area contributed by atoms with Gasteiger partial charge < -0.3 is 10.6 Å². The fraction of sp³-hybridized carbons (Fsp3) is 0.562. The van der Waals surface area contributed by atoms with E-state index < -0.39 is 9.84 Å². The molecule has 0 aliphatic carbocycles. The van der Waals surface area contributed by atoms with Gasteiger partial charge in [0, 0.05) is 24.7 Å². The molecule has 0 aliphatic rings. The monoisotopic (exact) mass is 556 g/mol. The van der Waals surface area contributed by atoms with Gasteiger partial charge in [0.25, 0.3) is 0 Å². The van der Waals surface area contributed by atoms with Gasteiger partial charge in [0.05, 0.1) is 9.79 Å². The number of anilines is 2. The van der Waals surface area contributed by atoms with Crippen LogP contribution in [0.15, 0.2) is 58.3 Å². The summed E-state index contributed by atoms with van der Waals surface area (Å²) < 4.78 is 25.8. The van der Waals surface area contributed by atoms with Crippen LogP contribution in [0.3, 0.4) is 0 Å². The summed E-state index contributed by atoms with van der Waals surface area (Å²) in [4.78, 5) is 23.7. The molecule has 216 valence electrons. The lowest BCUT2D eigenvalue weighted by molar-refractivity contribution is -0.116. The van der Waals surface area contributed by atoms with E-state index in [1.54, 1.807) is 24.3 Å². The van der Waals surface area contributed by atoms with Crippen molar-refractivity contribution in [1.29, 1.82) is 0 Å². The Morgan fingerprint density at radius 3 is 1.31 bits per heavy atom. The van der Waals surface area contributed by atoms with E-state index in [2.05, 4.69) is 17.6 Å². The second-order valence-corrected chi connectivity index (χ2v) is 12.4. The predicted molar refractivity (Wildman–Crippen MR) is 161 cm³/mol. The Morgan fingerprint density at radius 1 is 0.564 bits per heavy atom. The maximum absolute atomic E-state index is 12.9. The van der Waals surface area contributed by atoms with Gasteiger partial charge in [-0.2, -0.15) is 0 Å². The smallest absolute Gasteiger partial charge is 0.224 e. The first kappa shape index (κ1) is 32.5. The second-order valence-electron chi connectivity index (χ2n) is 10.5. The fourth-order valence-electron chi connectivity index (χ4n) is 4.65. The number of hydrogen-bond donors (Lipinski definition) is 2. The van der Waals surface area contributed by atoms with Crippen molar-refractivity contribution in [3.8, 4) is 0 Å². The summed E-state index contributed by atoms with van der Waals surface area (Å²) in [5, 5.41) is 5.48. The quantitative estimate of drug-likeness (QED) is 0.160. The summed E-state index contributed by atoms with van der Waals surface area (Å²) in [5.41, 5.74) is 1.12. The molecule has 0 heterocycles. The molecule has 0 spiro atoms. The van der Waals surface area contributed by atoms with Crippen LogP contribution in [-0.2, 0) is 19.4 Å². The predicted octanol–water partition coefficient (Wildman–Crippen LogP) is 8.68. The van der Waals surface area contributed by atoms with E-state index in [4.69, 9.17) is 0 Å². The standard InChI is InChI=1S/C32H48N2O4S/c1-3-4-5-6-7-8-9-10-11-12-13-14-15-16-17-18-32(36)34-29-21-25-31(26-22-29)39(37,38)30-23-19-28(20-24-30)33-27(2)35/h19-26H,3-18H2,1-2H3,(H,33,35)(H,34,36). The molecule has 0 unspecified atom stereocenters. The summed E-state index contributed by atoms with van der Waals surface area (Å²) in [7, 11) is -3.69. The minimum absolute atomic E-state index is 0.0474. The molecule has 0 radical (unpaired) electrons. The van der Waals surface area contributed by atoms with Crippen LogP contribution in [0, 0.1) is 0 Å². The number of sulfone groups is 1. The van der Waals surface area contributed by atoms with Crippen LogP contribution in [0.25, 0.3) is 0 Å². The van der Waals surface area contributed by atoms with Gasteiger partial charge in [0.2, 0.25) is 21.7 Å². The van der Waals surface area contributed by atoms with Crippen LogP contribution in [-0.4, -0.2) is 20.2 Å². The van der Waals surface area contributed by atoms with E-state index in [9.17, 15) is 18.0 Å². The van der Waals surface area contributed by atoms with Crippen molar-refractivity contribution in [2.75, 3.05) is 10.6 Å². The van der Waals surface area contributed by atoms with Gasteiger partial charge in [-0.25, -0.2) is 8.42 Å². The number of rotatable bonds is 20. The second kappa shape index (κ2) is 18.6. The molecule has 0 aromatic heterocycles. The van der Waals surface area contributed by atoms with Crippen molar-refractivity contribution in [2.24, 2.45) is 0 Å². The molecule has 0 fully saturated rings. The van der Waals surface area contributed by atoms with E-state index in [0.717, 1.165) is 12.8 Å². The van der Waals surface area contributed by atoms with Crippen LogP contribution in [0.1, 0.15) is 117 Å². The number of carbonyl (C=O) groups is 2. The molecule has 0 aliphatic heterocycles.